The SMILES string of the molecule is Cc1cc(/C=N\NCc2c(Cl)cccc2Cl)c(C)n1-c1ccc(F)cc1. The van der Waals surface area contributed by atoms with Gasteiger partial charge in [-0.1, -0.05) is 29.3 Å². The number of halogens is 3. The van der Waals surface area contributed by atoms with E-state index in [4.69, 9.17) is 23.2 Å². The summed E-state index contributed by atoms with van der Waals surface area (Å²) in [6, 6.07) is 13.9. The number of hydrazone groups is 1. The minimum atomic E-state index is -0.250. The molecule has 3 aromatic rings. The number of aromatic nitrogens is 1. The van der Waals surface area contributed by atoms with Crippen molar-refractivity contribution in [3.8, 4) is 5.69 Å². The average molecular weight is 390 g/mol. The van der Waals surface area contributed by atoms with E-state index in [1.54, 1.807) is 30.5 Å². The fourth-order valence-corrected chi connectivity index (χ4v) is 3.38. The maximum Gasteiger partial charge on any atom is 0.123 e. The number of hydrogen-bond donors (Lipinski definition) is 1. The lowest BCUT2D eigenvalue weighted by molar-refractivity contribution is 0.627. The zero-order valence-electron chi connectivity index (χ0n) is 14.4. The van der Waals surface area contributed by atoms with Gasteiger partial charge in [-0.25, -0.2) is 4.39 Å². The lowest BCUT2D eigenvalue weighted by Gasteiger charge is -2.09. The van der Waals surface area contributed by atoms with Gasteiger partial charge in [0.1, 0.15) is 5.82 Å². The summed E-state index contributed by atoms with van der Waals surface area (Å²) < 4.78 is 15.2. The molecule has 1 N–H and O–H groups in total. The molecular formula is C20H18Cl2FN3. The van der Waals surface area contributed by atoms with Crippen LogP contribution in [0.4, 0.5) is 4.39 Å². The number of aryl methyl sites for hydroxylation is 1. The van der Waals surface area contributed by atoms with Crippen molar-refractivity contribution < 1.29 is 4.39 Å². The Labute approximate surface area is 162 Å². The molecule has 3 nitrogen and oxygen atoms in total. The monoisotopic (exact) mass is 389 g/mol. The van der Waals surface area contributed by atoms with E-state index in [0.29, 0.717) is 16.6 Å². The maximum atomic E-state index is 13.2. The predicted molar refractivity (Wildman–Crippen MR) is 106 cm³/mol. The molecule has 0 bridgehead atoms. The van der Waals surface area contributed by atoms with Crippen molar-refractivity contribution in [2.45, 2.75) is 20.4 Å². The molecule has 0 aliphatic rings. The van der Waals surface area contributed by atoms with Crippen molar-refractivity contribution in [1.82, 2.24) is 9.99 Å². The second-order valence-electron chi connectivity index (χ2n) is 5.93. The highest BCUT2D eigenvalue weighted by molar-refractivity contribution is 6.35. The van der Waals surface area contributed by atoms with Gasteiger partial charge in [0.2, 0.25) is 0 Å². The highest BCUT2D eigenvalue weighted by Crippen LogP contribution is 2.24. The first-order valence-electron chi connectivity index (χ1n) is 8.11. The normalized spacial score (nSPS) is 11.3. The first-order valence-corrected chi connectivity index (χ1v) is 8.86. The molecule has 0 saturated heterocycles. The van der Waals surface area contributed by atoms with Crippen LogP contribution in [0.3, 0.4) is 0 Å². The zero-order chi connectivity index (χ0) is 18.7. The topological polar surface area (TPSA) is 29.3 Å². The number of hydrogen-bond acceptors (Lipinski definition) is 2. The van der Waals surface area contributed by atoms with E-state index in [1.165, 1.54) is 12.1 Å². The van der Waals surface area contributed by atoms with Crippen molar-refractivity contribution in [1.29, 1.82) is 0 Å². The van der Waals surface area contributed by atoms with E-state index in [9.17, 15) is 4.39 Å². The van der Waals surface area contributed by atoms with Crippen LogP contribution in [0.2, 0.25) is 10.0 Å². The van der Waals surface area contributed by atoms with Gasteiger partial charge >= 0.3 is 0 Å². The summed E-state index contributed by atoms with van der Waals surface area (Å²) in [5.74, 6) is -0.250. The first kappa shape index (κ1) is 18.5. The van der Waals surface area contributed by atoms with Gasteiger partial charge in [-0.05, 0) is 56.3 Å². The molecule has 134 valence electrons. The van der Waals surface area contributed by atoms with Gasteiger partial charge in [0.25, 0.3) is 0 Å². The molecule has 0 aliphatic heterocycles. The summed E-state index contributed by atoms with van der Waals surface area (Å²) in [5, 5.41) is 5.49. The first-order chi connectivity index (χ1) is 12.5. The smallest absolute Gasteiger partial charge is 0.123 e. The molecule has 26 heavy (non-hydrogen) atoms. The Hall–Kier alpha value is -2.30. The summed E-state index contributed by atoms with van der Waals surface area (Å²) in [4.78, 5) is 0. The Morgan fingerprint density at radius 3 is 2.38 bits per heavy atom. The molecule has 0 atom stereocenters. The van der Waals surface area contributed by atoms with Gasteiger partial charge in [-0.3, -0.25) is 0 Å². The zero-order valence-corrected chi connectivity index (χ0v) is 15.9. The second kappa shape index (κ2) is 7.94. The Balaban J connectivity index is 1.75. The van der Waals surface area contributed by atoms with E-state index < -0.39 is 0 Å². The minimum absolute atomic E-state index is 0.250. The molecular weight excluding hydrogens is 372 g/mol. The van der Waals surface area contributed by atoms with Gasteiger partial charge in [0.05, 0.1) is 12.8 Å². The van der Waals surface area contributed by atoms with E-state index in [-0.39, 0.29) is 5.82 Å². The van der Waals surface area contributed by atoms with Crippen LogP contribution in [-0.2, 0) is 6.54 Å². The average Bonchev–Trinajstić information content (AvgIpc) is 2.89. The van der Waals surface area contributed by atoms with Crippen LogP contribution in [-0.4, -0.2) is 10.8 Å². The molecule has 2 aromatic carbocycles. The standard InChI is InChI=1S/C20H18Cl2FN3/c1-13-10-15(14(2)26(13)17-8-6-16(23)7-9-17)11-24-25-12-18-19(21)4-3-5-20(18)22/h3-11,25H,12H2,1-2H3/b24-11-. The summed E-state index contributed by atoms with van der Waals surface area (Å²) in [6.45, 7) is 4.44. The molecule has 0 unspecified atom stereocenters. The molecule has 0 saturated carbocycles. The van der Waals surface area contributed by atoms with Gasteiger partial charge in [-0.15, -0.1) is 0 Å². The third kappa shape index (κ3) is 3.92. The third-order valence-electron chi connectivity index (χ3n) is 4.17. The molecule has 0 spiro atoms. The Morgan fingerprint density at radius 1 is 1.08 bits per heavy atom. The lowest BCUT2D eigenvalue weighted by Crippen LogP contribution is -2.07. The predicted octanol–water partition coefficient (Wildman–Crippen LogP) is 5.66. The van der Waals surface area contributed by atoms with E-state index in [1.807, 2.05) is 26.0 Å². The highest BCUT2D eigenvalue weighted by Gasteiger charge is 2.09. The second-order valence-corrected chi connectivity index (χ2v) is 6.75. The van der Waals surface area contributed by atoms with E-state index in [0.717, 1.165) is 28.2 Å². The summed E-state index contributed by atoms with van der Waals surface area (Å²) >= 11 is 12.3. The van der Waals surface area contributed by atoms with Crippen LogP contribution in [0.5, 0.6) is 0 Å². The van der Waals surface area contributed by atoms with Crippen LogP contribution in [0.25, 0.3) is 5.69 Å². The molecule has 1 aromatic heterocycles. The van der Waals surface area contributed by atoms with Crippen LogP contribution in [0.15, 0.2) is 53.6 Å². The number of rotatable bonds is 5. The van der Waals surface area contributed by atoms with Gasteiger partial charge in [0.15, 0.2) is 0 Å². The summed E-state index contributed by atoms with van der Waals surface area (Å²) in [6.07, 6.45) is 1.76. The number of benzene rings is 2. The van der Waals surface area contributed by atoms with Crippen molar-refractivity contribution >= 4 is 29.4 Å². The van der Waals surface area contributed by atoms with E-state index >= 15 is 0 Å². The fraction of sp³-hybridized carbons (Fsp3) is 0.150. The largest absolute Gasteiger partial charge is 0.318 e. The molecule has 0 radical (unpaired) electrons. The Bertz CT molecular complexity index is 926. The molecule has 0 aliphatic carbocycles. The van der Waals surface area contributed by atoms with Gasteiger partial charge in [-0.2, -0.15) is 5.10 Å². The number of nitrogens with one attached hydrogen (secondary N) is 1. The van der Waals surface area contributed by atoms with Crippen molar-refractivity contribution in [3.05, 3.63) is 86.9 Å². The Morgan fingerprint density at radius 2 is 1.73 bits per heavy atom. The van der Waals surface area contributed by atoms with Crippen molar-refractivity contribution in [2.75, 3.05) is 0 Å². The van der Waals surface area contributed by atoms with Crippen LogP contribution in [0.1, 0.15) is 22.5 Å². The summed E-state index contributed by atoms with van der Waals surface area (Å²) in [7, 11) is 0. The molecule has 0 fully saturated rings. The molecule has 3 rings (SSSR count). The van der Waals surface area contributed by atoms with Crippen LogP contribution in [0, 0.1) is 19.7 Å². The molecule has 1 heterocycles. The van der Waals surface area contributed by atoms with E-state index in [2.05, 4.69) is 15.1 Å². The molecule has 6 heteroatoms. The lowest BCUT2D eigenvalue weighted by atomic mass is 10.2. The van der Waals surface area contributed by atoms with Crippen LogP contribution >= 0.6 is 23.2 Å². The highest BCUT2D eigenvalue weighted by atomic mass is 35.5. The quantitative estimate of drug-likeness (QED) is 0.442. The summed E-state index contributed by atoms with van der Waals surface area (Å²) in [5.41, 5.74) is 7.75. The minimum Gasteiger partial charge on any atom is -0.318 e. The van der Waals surface area contributed by atoms with Crippen molar-refractivity contribution in [2.24, 2.45) is 5.10 Å². The molecule has 0 amide bonds. The number of nitrogens with zero attached hydrogens (tertiary/aromatic N) is 2. The van der Waals surface area contributed by atoms with Gasteiger partial charge in [0, 0.05) is 38.2 Å². The maximum absolute atomic E-state index is 13.2. The van der Waals surface area contributed by atoms with Gasteiger partial charge < -0.3 is 9.99 Å². The fourth-order valence-electron chi connectivity index (χ4n) is 2.85. The third-order valence-corrected chi connectivity index (χ3v) is 4.88. The Kier molecular flexibility index (Phi) is 5.64. The van der Waals surface area contributed by atoms with Crippen LogP contribution < -0.4 is 5.43 Å². The van der Waals surface area contributed by atoms with Crippen molar-refractivity contribution in [3.63, 3.8) is 0 Å².